The van der Waals surface area contributed by atoms with Gasteiger partial charge in [0.25, 0.3) is 0 Å². The lowest BCUT2D eigenvalue weighted by Crippen LogP contribution is -2.35. The highest BCUT2D eigenvalue weighted by molar-refractivity contribution is 6.05. The molecule has 0 bridgehead atoms. The fourth-order valence-electron chi connectivity index (χ4n) is 4.59. The number of hydrogen-bond acceptors (Lipinski definition) is 5. The van der Waals surface area contributed by atoms with Gasteiger partial charge in [-0.2, -0.15) is 0 Å². The molecule has 5 rings (SSSR count). The molecule has 4 heterocycles. The molecule has 2 aliphatic heterocycles. The second kappa shape index (κ2) is 9.14. The van der Waals surface area contributed by atoms with Crippen LogP contribution in [0.2, 0.25) is 0 Å². The van der Waals surface area contributed by atoms with Gasteiger partial charge >= 0.3 is 6.03 Å². The number of rotatable bonds is 5. The molecule has 9 heteroatoms. The van der Waals surface area contributed by atoms with Crippen LogP contribution < -0.4 is 14.7 Å². The monoisotopic (exact) mass is 456 g/mol. The van der Waals surface area contributed by atoms with Gasteiger partial charge in [0.2, 0.25) is 6.04 Å². The second-order valence-electron chi connectivity index (χ2n) is 8.99. The van der Waals surface area contributed by atoms with Crippen molar-refractivity contribution in [1.29, 1.82) is 0 Å². The predicted octanol–water partition coefficient (Wildman–Crippen LogP) is 4.26. The standard InChI is InChI=1S/C25H28N8O/c1-18(2)33-17-27-29-24(33)22-5-4-6-23(28-22)32-16-15-31(25(32)34)21-9-7-20(8-10-21)30-13-11-19(26-3)12-14-30/h4-10,17-19H,11-16H2,1-2H3. The fourth-order valence-corrected chi connectivity index (χ4v) is 4.59. The van der Waals surface area contributed by atoms with E-state index in [0.29, 0.717) is 30.4 Å². The largest absolute Gasteiger partial charge is 0.371 e. The number of nitrogens with zero attached hydrogens (tertiary/aromatic N) is 8. The van der Waals surface area contributed by atoms with Gasteiger partial charge < -0.3 is 14.3 Å². The Balaban J connectivity index is 1.30. The molecule has 34 heavy (non-hydrogen) atoms. The topological polar surface area (TPSA) is 74.8 Å². The molecule has 1 aromatic carbocycles. The van der Waals surface area contributed by atoms with Gasteiger partial charge in [-0.1, -0.05) is 6.07 Å². The molecule has 0 aliphatic carbocycles. The van der Waals surface area contributed by atoms with Crippen molar-refractivity contribution in [3.63, 3.8) is 0 Å². The van der Waals surface area contributed by atoms with Gasteiger partial charge in [-0.15, -0.1) is 10.2 Å². The summed E-state index contributed by atoms with van der Waals surface area (Å²) in [7, 11) is 0. The highest BCUT2D eigenvalue weighted by Gasteiger charge is 2.32. The number of pyridine rings is 1. The molecule has 0 N–H and O–H groups in total. The van der Waals surface area contributed by atoms with Crippen molar-refractivity contribution >= 4 is 23.2 Å². The third-order valence-corrected chi connectivity index (χ3v) is 6.55. The van der Waals surface area contributed by atoms with E-state index in [-0.39, 0.29) is 18.1 Å². The number of amides is 2. The minimum absolute atomic E-state index is 0.0828. The highest BCUT2D eigenvalue weighted by Crippen LogP contribution is 2.29. The van der Waals surface area contributed by atoms with Crippen LogP contribution in [0.4, 0.5) is 22.0 Å². The van der Waals surface area contributed by atoms with Gasteiger partial charge in [0.05, 0.1) is 0 Å². The van der Waals surface area contributed by atoms with Crippen LogP contribution in [0.25, 0.3) is 16.4 Å². The van der Waals surface area contributed by atoms with Crippen LogP contribution in [0, 0.1) is 6.57 Å². The van der Waals surface area contributed by atoms with Gasteiger partial charge in [0.1, 0.15) is 17.8 Å². The molecule has 3 aromatic rings. The molecule has 174 valence electrons. The van der Waals surface area contributed by atoms with E-state index in [1.54, 1.807) is 16.1 Å². The first kappa shape index (κ1) is 21.9. The number of carbonyl (C=O) groups is 1. The van der Waals surface area contributed by atoms with E-state index in [4.69, 9.17) is 11.6 Å². The van der Waals surface area contributed by atoms with Crippen molar-refractivity contribution in [1.82, 2.24) is 19.7 Å². The predicted molar refractivity (Wildman–Crippen MR) is 132 cm³/mol. The zero-order chi connectivity index (χ0) is 23.7. The molecule has 2 saturated heterocycles. The second-order valence-corrected chi connectivity index (χ2v) is 8.99. The quantitative estimate of drug-likeness (QED) is 0.537. The van der Waals surface area contributed by atoms with Crippen LogP contribution in [-0.2, 0) is 0 Å². The summed E-state index contributed by atoms with van der Waals surface area (Å²) >= 11 is 0. The van der Waals surface area contributed by atoms with Crippen molar-refractivity contribution < 1.29 is 4.79 Å². The van der Waals surface area contributed by atoms with Crippen molar-refractivity contribution in [2.75, 3.05) is 40.9 Å². The van der Waals surface area contributed by atoms with Crippen LogP contribution in [0.3, 0.4) is 0 Å². The van der Waals surface area contributed by atoms with Crippen molar-refractivity contribution in [2.24, 2.45) is 0 Å². The van der Waals surface area contributed by atoms with E-state index in [1.807, 2.05) is 34.9 Å². The molecule has 2 aliphatic rings. The van der Waals surface area contributed by atoms with E-state index in [0.717, 1.165) is 37.3 Å². The summed E-state index contributed by atoms with van der Waals surface area (Å²) in [5, 5.41) is 8.26. The number of benzene rings is 1. The van der Waals surface area contributed by atoms with E-state index in [9.17, 15) is 4.79 Å². The number of urea groups is 1. The Hall–Kier alpha value is -3.93. The van der Waals surface area contributed by atoms with Crippen LogP contribution >= 0.6 is 0 Å². The summed E-state index contributed by atoms with van der Waals surface area (Å²) in [5.41, 5.74) is 2.71. The number of anilines is 3. The first-order chi connectivity index (χ1) is 16.5. The van der Waals surface area contributed by atoms with Crippen LogP contribution in [0.15, 0.2) is 48.8 Å². The summed E-state index contributed by atoms with van der Waals surface area (Å²) in [6.07, 6.45) is 3.52. The molecule has 0 saturated carbocycles. The Labute approximate surface area is 199 Å². The maximum Gasteiger partial charge on any atom is 0.330 e. The van der Waals surface area contributed by atoms with Gasteiger partial charge in [-0.05, 0) is 50.2 Å². The van der Waals surface area contributed by atoms with Crippen LogP contribution in [0.5, 0.6) is 0 Å². The van der Waals surface area contributed by atoms with Gasteiger partial charge in [0, 0.05) is 56.4 Å². The molecule has 0 unspecified atom stereocenters. The summed E-state index contributed by atoms with van der Waals surface area (Å²) in [5.74, 6) is 1.30. The normalized spacial score (nSPS) is 17.0. The zero-order valence-electron chi connectivity index (χ0n) is 19.5. The summed E-state index contributed by atoms with van der Waals surface area (Å²) < 4.78 is 1.97. The minimum Gasteiger partial charge on any atom is -0.371 e. The molecule has 2 amide bonds. The lowest BCUT2D eigenvalue weighted by molar-refractivity contribution is 0.255. The van der Waals surface area contributed by atoms with Crippen molar-refractivity contribution in [3.05, 3.63) is 60.2 Å². The first-order valence-corrected chi connectivity index (χ1v) is 11.7. The average Bonchev–Trinajstić information content (AvgIpc) is 3.52. The molecular formula is C25H28N8O. The number of aromatic nitrogens is 4. The van der Waals surface area contributed by atoms with E-state index < -0.39 is 0 Å². The molecule has 0 radical (unpaired) electrons. The van der Waals surface area contributed by atoms with Gasteiger partial charge in [0.15, 0.2) is 5.82 Å². The molecule has 0 spiro atoms. The van der Waals surface area contributed by atoms with Crippen LogP contribution in [-0.4, -0.2) is 58.0 Å². The third-order valence-electron chi connectivity index (χ3n) is 6.55. The minimum atomic E-state index is -0.0828. The SMILES string of the molecule is [C-]#[N+]C1CCN(c2ccc(N3CCN(c4cccc(-c5nncn5C(C)C)n4)C3=O)cc2)CC1. The summed E-state index contributed by atoms with van der Waals surface area (Å²) in [6, 6.07) is 14.1. The van der Waals surface area contributed by atoms with Gasteiger partial charge in [-0.3, -0.25) is 9.80 Å². The molecule has 0 atom stereocenters. The smallest absolute Gasteiger partial charge is 0.330 e. The Kier molecular flexibility index (Phi) is 5.88. The maximum absolute atomic E-state index is 13.3. The number of hydrogen-bond donors (Lipinski definition) is 0. The molecular weight excluding hydrogens is 428 g/mol. The Bertz CT molecular complexity index is 1200. The first-order valence-electron chi connectivity index (χ1n) is 11.7. The lowest BCUT2D eigenvalue weighted by atomic mass is 10.1. The highest BCUT2D eigenvalue weighted by atomic mass is 16.2. The summed E-state index contributed by atoms with van der Waals surface area (Å²) in [4.78, 5) is 27.5. The number of piperidine rings is 1. The molecule has 2 fully saturated rings. The number of carbonyl (C=O) groups excluding carboxylic acids is 1. The molecule has 2 aromatic heterocycles. The maximum atomic E-state index is 13.3. The Morgan fingerprint density at radius 1 is 0.971 bits per heavy atom. The van der Waals surface area contributed by atoms with E-state index in [1.165, 1.54) is 0 Å². The van der Waals surface area contributed by atoms with E-state index in [2.05, 4.69) is 45.9 Å². The average molecular weight is 457 g/mol. The summed E-state index contributed by atoms with van der Waals surface area (Å²) in [6.45, 7) is 14.3. The fraction of sp³-hybridized carbons (Fsp3) is 0.400. The van der Waals surface area contributed by atoms with Crippen LogP contribution in [0.1, 0.15) is 32.7 Å². The lowest BCUT2D eigenvalue weighted by Gasteiger charge is -2.29. The van der Waals surface area contributed by atoms with Crippen molar-refractivity contribution in [2.45, 2.75) is 38.8 Å². The van der Waals surface area contributed by atoms with Gasteiger partial charge in [-0.25, -0.2) is 16.4 Å². The van der Waals surface area contributed by atoms with Crippen molar-refractivity contribution in [3.8, 4) is 11.5 Å². The Morgan fingerprint density at radius 2 is 1.68 bits per heavy atom. The van der Waals surface area contributed by atoms with E-state index >= 15 is 0 Å². The molecule has 9 nitrogen and oxygen atoms in total. The Morgan fingerprint density at radius 3 is 2.38 bits per heavy atom. The zero-order valence-corrected chi connectivity index (χ0v) is 19.5. The third kappa shape index (κ3) is 4.07.